The van der Waals surface area contributed by atoms with Crippen LogP contribution in [-0.4, -0.2) is 48.6 Å². The lowest BCUT2D eigenvalue weighted by atomic mass is 9.85. The molecule has 1 aliphatic heterocycles. The number of aromatic nitrogens is 4. The Bertz CT molecular complexity index is 1450. The summed E-state index contributed by atoms with van der Waals surface area (Å²) in [5, 5.41) is 18.1. The molecule has 4 aromatic rings. The van der Waals surface area contributed by atoms with Crippen LogP contribution in [0.2, 0.25) is 0 Å². The largest absolute Gasteiger partial charge is 0.487 e. The second kappa shape index (κ2) is 10.3. The van der Waals surface area contributed by atoms with E-state index in [-0.39, 0.29) is 18.3 Å². The van der Waals surface area contributed by atoms with Gasteiger partial charge in [0.1, 0.15) is 23.2 Å². The van der Waals surface area contributed by atoms with Crippen molar-refractivity contribution in [1.29, 1.82) is 0 Å². The zero-order chi connectivity index (χ0) is 26.1. The van der Waals surface area contributed by atoms with E-state index in [0.29, 0.717) is 25.2 Å². The highest BCUT2D eigenvalue weighted by Crippen LogP contribution is 2.34. The van der Waals surface area contributed by atoms with Crippen molar-refractivity contribution in [1.82, 2.24) is 24.9 Å². The van der Waals surface area contributed by atoms with Crippen molar-refractivity contribution in [3.63, 3.8) is 0 Å². The lowest BCUT2D eigenvalue weighted by molar-refractivity contribution is -0.137. The fraction of sp³-hybridized carbons (Fsp3) is 0.357. The van der Waals surface area contributed by atoms with Crippen molar-refractivity contribution in [2.75, 3.05) is 6.54 Å². The zero-order valence-electron chi connectivity index (χ0n) is 21.2. The first-order chi connectivity index (χ1) is 17.8. The average molecular weight is 504 g/mol. The molecule has 37 heavy (non-hydrogen) atoms. The van der Waals surface area contributed by atoms with Gasteiger partial charge in [-0.1, -0.05) is 30.3 Å². The summed E-state index contributed by atoms with van der Waals surface area (Å²) < 4.78 is 22.9. The van der Waals surface area contributed by atoms with Gasteiger partial charge in [-0.15, -0.1) is 5.10 Å². The number of hydrogen-bond donors (Lipinski definition) is 1. The fourth-order valence-corrected chi connectivity index (χ4v) is 5.17. The number of ether oxygens (including phenoxy) is 1. The normalized spacial score (nSPS) is 16.7. The molecule has 2 aromatic heterocycles. The Morgan fingerprint density at radius 3 is 2.89 bits per heavy atom. The summed E-state index contributed by atoms with van der Waals surface area (Å²) in [5.74, 6) is -0.921. The van der Waals surface area contributed by atoms with E-state index in [4.69, 9.17) is 4.74 Å². The summed E-state index contributed by atoms with van der Waals surface area (Å²) in [6.45, 7) is 5.64. The number of aryl methyl sites for hydroxylation is 2. The fourth-order valence-electron chi connectivity index (χ4n) is 5.17. The maximum Gasteiger partial charge on any atom is 0.304 e. The van der Waals surface area contributed by atoms with Crippen LogP contribution in [0.5, 0.6) is 5.75 Å². The van der Waals surface area contributed by atoms with Gasteiger partial charge in [0.2, 0.25) is 0 Å². The van der Waals surface area contributed by atoms with E-state index in [9.17, 15) is 9.90 Å². The summed E-state index contributed by atoms with van der Waals surface area (Å²) in [6, 6.07) is 10.7. The third-order valence-corrected chi connectivity index (χ3v) is 7.17. The van der Waals surface area contributed by atoms with Crippen LogP contribution in [0.4, 0.5) is 4.39 Å². The number of fused-ring (bicyclic) bond motifs is 2. The Morgan fingerprint density at radius 1 is 1.27 bits per heavy atom. The van der Waals surface area contributed by atoms with E-state index in [2.05, 4.69) is 27.1 Å². The van der Waals surface area contributed by atoms with Crippen LogP contribution in [-0.2, 0) is 24.9 Å². The highest BCUT2D eigenvalue weighted by atomic mass is 19.1. The quantitative estimate of drug-likeness (QED) is 0.394. The Balaban J connectivity index is 1.50. The topological polar surface area (TPSA) is 93.4 Å². The summed E-state index contributed by atoms with van der Waals surface area (Å²) in [5.41, 5.74) is 5.64. The molecule has 2 aromatic carbocycles. The van der Waals surface area contributed by atoms with Crippen molar-refractivity contribution in [3.8, 4) is 5.75 Å². The van der Waals surface area contributed by atoms with Crippen LogP contribution in [0, 0.1) is 12.7 Å². The first-order valence-corrected chi connectivity index (χ1v) is 12.4. The average Bonchev–Trinajstić information content (AvgIpc) is 3.16. The Labute approximate surface area is 214 Å². The number of aliphatic carboxylic acids is 1. The van der Waals surface area contributed by atoms with Crippen LogP contribution >= 0.6 is 0 Å². The maximum atomic E-state index is 15.1. The van der Waals surface area contributed by atoms with Gasteiger partial charge in [0.05, 0.1) is 18.1 Å². The number of nitrogens with zero attached hydrogens (tertiary/aromatic N) is 5. The SMILES string of the molecule is CC[C@@H]1CN(Cc2cc([C@H](CC(=O)O)c3ccc4c(nnn4C)c3C)ccc2F)Cc2ccncc2O1. The van der Waals surface area contributed by atoms with Gasteiger partial charge in [-0.3, -0.25) is 14.7 Å². The molecule has 8 nitrogen and oxygen atoms in total. The van der Waals surface area contributed by atoms with Gasteiger partial charge < -0.3 is 9.84 Å². The summed E-state index contributed by atoms with van der Waals surface area (Å²) >= 11 is 0. The third kappa shape index (κ3) is 5.04. The highest BCUT2D eigenvalue weighted by molar-refractivity contribution is 5.80. The predicted octanol–water partition coefficient (Wildman–Crippen LogP) is 4.59. The van der Waals surface area contributed by atoms with E-state index in [1.807, 2.05) is 38.2 Å². The molecule has 0 amide bonds. The molecule has 5 rings (SSSR count). The van der Waals surface area contributed by atoms with Gasteiger partial charge in [0.25, 0.3) is 0 Å². The van der Waals surface area contributed by atoms with Crippen molar-refractivity contribution in [2.45, 2.75) is 51.8 Å². The molecule has 9 heteroatoms. The van der Waals surface area contributed by atoms with Crippen LogP contribution in [0.3, 0.4) is 0 Å². The van der Waals surface area contributed by atoms with Gasteiger partial charge in [0, 0.05) is 49.9 Å². The Morgan fingerprint density at radius 2 is 2.11 bits per heavy atom. The number of carboxylic acid groups (broad SMARTS) is 1. The molecule has 0 saturated carbocycles. The molecule has 0 unspecified atom stereocenters. The zero-order valence-corrected chi connectivity index (χ0v) is 21.2. The molecule has 3 heterocycles. The molecule has 1 N–H and O–H groups in total. The van der Waals surface area contributed by atoms with Crippen molar-refractivity contribution in [3.05, 3.63) is 82.4 Å². The number of hydrogen-bond acceptors (Lipinski definition) is 6. The number of benzene rings is 2. The molecule has 192 valence electrons. The van der Waals surface area contributed by atoms with Crippen LogP contribution < -0.4 is 4.74 Å². The van der Waals surface area contributed by atoms with E-state index in [0.717, 1.165) is 45.5 Å². The molecule has 1 aliphatic rings. The molecule has 0 bridgehead atoms. The monoisotopic (exact) mass is 503 g/mol. The van der Waals surface area contributed by atoms with Gasteiger partial charge in [0.15, 0.2) is 0 Å². The first-order valence-electron chi connectivity index (χ1n) is 12.4. The minimum atomic E-state index is -0.921. The van der Waals surface area contributed by atoms with Gasteiger partial charge >= 0.3 is 5.97 Å². The van der Waals surface area contributed by atoms with E-state index in [1.165, 1.54) is 6.07 Å². The number of carbonyl (C=O) groups is 1. The molecule has 0 fully saturated rings. The van der Waals surface area contributed by atoms with Gasteiger partial charge in [-0.25, -0.2) is 9.07 Å². The smallest absolute Gasteiger partial charge is 0.304 e. The van der Waals surface area contributed by atoms with Crippen LogP contribution in [0.1, 0.15) is 53.5 Å². The number of halogens is 1. The molecule has 0 aliphatic carbocycles. The molecule has 2 atom stereocenters. The summed E-state index contributed by atoms with van der Waals surface area (Å²) in [7, 11) is 1.82. The van der Waals surface area contributed by atoms with Crippen molar-refractivity contribution >= 4 is 17.0 Å². The lowest BCUT2D eigenvalue weighted by Gasteiger charge is -2.24. The first kappa shape index (κ1) is 24.8. The second-order valence-electron chi connectivity index (χ2n) is 9.66. The highest BCUT2D eigenvalue weighted by Gasteiger charge is 2.25. The third-order valence-electron chi connectivity index (χ3n) is 7.17. The molecule has 0 spiro atoms. The van der Waals surface area contributed by atoms with Crippen molar-refractivity contribution in [2.24, 2.45) is 7.05 Å². The standard InChI is InChI=1S/C28H30FN5O3/c1-4-21-16-34(14-19-9-10-30-13-26(19)37-21)15-20-11-18(5-7-24(20)29)23(12-27(35)36)22-6-8-25-28(17(22)2)31-32-33(25)3/h5-11,13,21,23H,4,12,14-16H2,1-3H3,(H,35,36)/t21-,23+/m1/s1. The minimum Gasteiger partial charge on any atom is -0.487 e. The predicted molar refractivity (Wildman–Crippen MR) is 137 cm³/mol. The number of pyridine rings is 1. The molecular formula is C28H30FN5O3. The van der Waals surface area contributed by atoms with Crippen molar-refractivity contribution < 1.29 is 19.0 Å². The minimum absolute atomic E-state index is 0.0298. The van der Waals surface area contributed by atoms with Crippen LogP contribution in [0.25, 0.3) is 11.0 Å². The molecule has 0 saturated heterocycles. The molecule has 0 radical (unpaired) electrons. The van der Waals surface area contributed by atoms with E-state index < -0.39 is 11.9 Å². The Hall–Kier alpha value is -3.85. The van der Waals surface area contributed by atoms with Crippen LogP contribution in [0.15, 0.2) is 48.8 Å². The summed E-state index contributed by atoms with van der Waals surface area (Å²) in [6.07, 6.45) is 4.14. The lowest BCUT2D eigenvalue weighted by Crippen LogP contribution is -2.32. The number of carboxylic acids is 1. The Kier molecular flexibility index (Phi) is 6.88. The van der Waals surface area contributed by atoms with Gasteiger partial charge in [-0.05, 0) is 48.2 Å². The molecular weight excluding hydrogens is 473 g/mol. The van der Waals surface area contributed by atoms with Gasteiger partial charge in [-0.2, -0.15) is 0 Å². The van der Waals surface area contributed by atoms with E-state index >= 15 is 4.39 Å². The second-order valence-corrected chi connectivity index (χ2v) is 9.66. The maximum absolute atomic E-state index is 15.1. The summed E-state index contributed by atoms with van der Waals surface area (Å²) in [4.78, 5) is 18.2. The number of rotatable bonds is 7. The van der Waals surface area contributed by atoms with E-state index in [1.54, 1.807) is 23.1 Å².